The molecule has 3 heteroatoms. The fourth-order valence-corrected chi connectivity index (χ4v) is 18.4. The molecule has 0 radical (unpaired) electrons. The van der Waals surface area contributed by atoms with Crippen LogP contribution in [-0.4, -0.2) is 9.30 Å². The van der Waals surface area contributed by atoms with Gasteiger partial charge in [0, 0.05) is 0 Å². The topological polar surface area (TPSA) is 0 Å². The molecule has 0 aliphatic carbocycles. The van der Waals surface area contributed by atoms with Crippen molar-refractivity contribution in [3.8, 4) is 0 Å². The van der Waals surface area contributed by atoms with Crippen LogP contribution in [0, 0.1) is 32.4 Å². The summed E-state index contributed by atoms with van der Waals surface area (Å²) in [7, 11) is 0. The van der Waals surface area contributed by atoms with Gasteiger partial charge in [0.05, 0.1) is 0 Å². The van der Waals surface area contributed by atoms with Crippen LogP contribution >= 0.6 is 3.92 Å². The maximum atomic E-state index is 2.57. The van der Waals surface area contributed by atoms with E-state index < -0.39 is 3.14 Å². The normalized spacial score (nSPS) is 12.7. The van der Waals surface area contributed by atoms with E-state index in [4.69, 9.17) is 0 Å². The van der Waals surface area contributed by atoms with E-state index >= 15 is 0 Å². The molecule has 0 fully saturated rings. The van der Waals surface area contributed by atoms with Crippen molar-refractivity contribution in [2.75, 3.05) is 6.16 Å². The van der Waals surface area contributed by atoms with Gasteiger partial charge in [0.25, 0.3) is 0 Å². The van der Waals surface area contributed by atoms with E-state index in [-0.39, 0.29) is 0 Å². The third-order valence-corrected chi connectivity index (χ3v) is 25.9. The van der Waals surface area contributed by atoms with Gasteiger partial charge >= 0.3 is 114 Å². The standard InChI is InChI=1S/C8H10P.C4H11Si.Dy/c9-7-6-8-4-2-1-3-5-8;1-4-5(2)3;/h1-5,9H,6-7H2;4H2,1-3H3;/q-1;;+1. The quantitative estimate of drug-likeness (QED) is 0.392. The average molecular weight is 387 g/mol. The first-order valence-corrected chi connectivity index (χ1v) is 15.6. The van der Waals surface area contributed by atoms with E-state index in [1.54, 1.807) is 0 Å². The minimum atomic E-state index is -0.692. The molecule has 0 nitrogen and oxygen atoms in total. The second kappa shape index (κ2) is 7.46. The number of hydrogen-bond acceptors (Lipinski definition) is 0. The van der Waals surface area contributed by atoms with E-state index in [2.05, 4.69) is 50.3 Å². The molecule has 1 rings (SSSR count). The zero-order valence-electron chi connectivity index (χ0n) is 9.82. The van der Waals surface area contributed by atoms with Gasteiger partial charge in [0.15, 0.2) is 0 Å². The van der Waals surface area contributed by atoms with Crippen molar-refractivity contribution in [3.05, 3.63) is 35.9 Å². The van der Waals surface area contributed by atoms with Crippen molar-refractivity contribution in [1.82, 2.24) is 0 Å². The van der Waals surface area contributed by atoms with Crippen molar-refractivity contribution < 1.29 is 32.4 Å². The molecule has 1 unspecified atom stereocenters. The van der Waals surface area contributed by atoms with Crippen LogP contribution in [0.5, 0.6) is 0 Å². The van der Waals surface area contributed by atoms with E-state index in [0.717, 1.165) is 0 Å². The van der Waals surface area contributed by atoms with Crippen LogP contribution in [0.2, 0.25) is 19.1 Å². The molecule has 1 atom stereocenters. The third kappa shape index (κ3) is 6.44. The molecule has 0 saturated heterocycles. The summed E-state index contributed by atoms with van der Waals surface area (Å²) in [5, 5.41) is 0. The fraction of sp³-hybridized carbons (Fsp3) is 0.500. The van der Waals surface area contributed by atoms with Crippen LogP contribution in [0.4, 0.5) is 0 Å². The van der Waals surface area contributed by atoms with Gasteiger partial charge in [-0.1, -0.05) is 0 Å². The summed E-state index contributed by atoms with van der Waals surface area (Å²) >= 11 is 0.537. The summed E-state index contributed by atoms with van der Waals surface area (Å²) in [5.74, 6) is 0. The van der Waals surface area contributed by atoms with Crippen molar-refractivity contribution in [2.45, 2.75) is 32.5 Å². The van der Waals surface area contributed by atoms with Crippen LogP contribution < -0.4 is 0 Å². The molecular weight excluding hydrogens is 366 g/mol. The molecule has 0 saturated carbocycles. The Bertz CT molecular complexity index is 274. The summed E-state index contributed by atoms with van der Waals surface area (Å²) < 4.78 is 0.597. The Kier molecular flexibility index (Phi) is 7.07. The molecule has 15 heavy (non-hydrogen) atoms. The number of rotatable bonds is 6. The average Bonchev–Trinajstić information content (AvgIpc) is 2.26. The van der Waals surface area contributed by atoms with Crippen LogP contribution in [0.25, 0.3) is 0 Å². The van der Waals surface area contributed by atoms with Gasteiger partial charge < -0.3 is 0 Å². The first-order valence-electron chi connectivity index (χ1n) is 5.49. The fourth-order valence-electron chi connectivity index (χ4n) is 1.08. The van der Waals surface area contributed by atoms with E-state index in [1.165, 1.54) is 28.1 Å². The third-order valence-electron chi connectivity index (χ3n) is 2.42. The molecule has 1 aromatic rings. The van der Waals surface area contributed by atoms with Crippen molar-refractivity contribution in [1.29, 1.82) is 0 Å². The summed E-state index contributed by atoms with van der Waals surface area (Å²) in [6, 6.07) is 12.4. The molecule has 0 aromatic heterocycles. The van der Waals surface area contributed by atoms with Gasteiger partial charge in [-0.15, -0.1) is 0 Å². The molecular formula is C12H21DyPSi. The summed E-state index contributed by atoms with van der Waals surface area (Å²) in [5.41, 5.74) is 1.52. The summed E-state index contributed by atoms with van der Waals surface area (Å²) in [6.45, 7) is 7.51. The first-order chi connectivity index (χ1) is 7.14. The van der Waals surface area contributed by atoms with Crippen LogP contribution in [0.1, 0.15) is 12.5 Å². The SMILES string of the molecule is CC[Si](C)(C)[Dy][PH]CCc1ccccc1. The van der Waals surface area contributed by atoms with Crippen LogP contribution in [0.15, 0.2) is 30.3 Å². The molecule has 1 aromatic carbocycles. The second-order valence-corrected chi connectivity index (χ2v) is 24.5. The Morgan fingerprint density at radius 1 is 1.20 bits per heavy atom. The maximum absolute atomic E-state index is 2.57. The zero-order valence-corrected chi connectivity index (χ0v) is 13.9. The number of hydrogen-bond donors (Lipinski definition) is 0. The van der Waals surface area contributed by atoms with E-state index in [1.807, 2.05) is 0 Å². The predicted molar refractivity (Wildman–Crippen MR) is 71.3 cm³/mol. The molecule has 0 amide bonds. The Hall–Kier alpha value is 1.14. The van der Waals surface area contributed by atoms with Gasteiger partial charge in [0.1, 0.15) is 0 Å². The van der Waals surface area contributed by atoms with E-state index in [9.17, 15) is 0 Å². The molecule has 0 spiro atoms. The Morgan fingerprint density at radius 3 is 2.47 bits per heavy atom. The van der Waals surface area contributed by atoms with E-state index in [0.29, 0.717) is 32.4 Å². The molecule has 0 heterocycles. The Morgan fingerprint density at radius 2 is 1.87 bits per heavy atom. The van der Waals surface area contributed by atoms with Gasteiger partial charge in [-0.25, -0.2) is 0 Å². The summed E-state index contributed by atoms with van der Waals surface area (Å²) in [4.78, 5) is 0. The summed E-state index contributed by atoms with van der Waals surface area (Å²) in [6.07, 6.45) is 2.74. The minimum absolute atomic E-state index is 0.537. The monoisotopic (exact) mass is 388 g/mol. The van der Waals surface area contributed by atoms with Crippen LogP contribution in [0.3, 0.4) is 0 Å². The molecule has 0 N–H and O–H groups in total. The van der Waals surface area contributed by atoms with Crippen molar-refractivity contribution in [3.63, 3.8) is 0 Å². The van der Waals surface area contributed by atoms with Gasteiger partial charge in [0.2, 0.25) is 0 Å². The van der Waals surface area contributed by atoms with Gasteiger partial charge in [-0.05, 0) is 0 Å². The first kappa shape index (κ1) is 14.2. The van der Waals surface area contributed by atoms with Gasteiger partial charge in [-0.3, -0.25) is 0 Å². The molecule has 0 bridgehead atoms. The molecule has 88 valence electrons. The number of aryl methyl sites for hydroxylation is 1. The Labute approximate surface area is 113 Å². The van der Waals surface area contributed by atoms with Crippen molar-refractivity contribution >= 4 is 7.06 Å². The van der Waals surface area contributed by atoms with Crippen LogP contribution in [-0.2, 0) is 6.42 Å². The van der Waals surface area contributed by atoms with Gasteiger partial charge in [-0.2, -0.15) is 0 Å². The molecule has 0 aliphatic rings. The van der Waals surface area contributed by atoms with Crippen molar-refractivity contribution in [2.24, 2.45) is 0 Å². The number of benzene rings is 1. The zero-order chi connectivity index (χ0) is 11.1. The Balaban J connectivity index is 2.18. The molecule has 0 aliphatic heterocycles. The predicted octanol–water partition coefficient (Wildman–Crippen LogP) is 4.13. The second-order valence-electron chi connectivity index (χ2n) is 4.17.